The number of allylic oxidation sites excluding steroid dienone is 1. The summed E-state index contributed by atoms with van der Waals surface area (Å²) >= 11 is 0. The fraction of sp³-hybridized carbons (Fsp3) is 0.133. The molecule has 0 aromatic heterocycles. The van der Waals surface area contributed by atoms with E-state index >= 15 is 0 Å². The Balaban J connectivity index is 1.56. The summed E-state index contributed by atoms with van der Waals surface area (Å²) in [5.74, 6) is 0. The van der Waals surface area contributed by atoms with Crippen molar-refractivity contribution >= 4 is 6.08 Å². The molecule has 4 aromatic carbocycles. The minimum Gasteiger partial charge on any atom is -0.0795 e. The second kappa shape index (κ2) is 9.89. The van der Waals surface area contributed by atoms with Crippen molar-refractivity contribution in [1.29, 1.82) is 0 Å². The maximum atomic E-state index is 2.37. The van der Waals surface area contributed by atoms with Crippen LogP contribution in [0.2, 0.25) is 0 Å². The first kappa shape index (κ1) is 19.9. The quantitative estimate of drug-likeness (QED) is 0.309. The molecule has 0 spiro atoms. The van der Waals surface area contributed by atoms with Crippen molar-refractivity contribution in [3.63, 3.8) is 0 Å². The Morgan fingerprint density at radius 1 is 0.533 bits per heavy atom. The smallest absolute Gasteiger partial charge is 0.00256 e. The molecule has 4 rings (SSSR count). The summed E-state index contributed by atoms with van der Waals surface area (Å²) < 4.78 is 0. The first-order valence-electron chi connectivity index (χ1n) is 10.7. The van der Waals surface area contributed by atoms with Crippen LogP contribution in [0.5, 0.6) is 0 Å². The van der Waals surface area contributed by atoms with E-state index < -0.39 is 0 Å². The summed E-state index contributed by atoms with van der Waals surface area (Å²) in [6.45, 7) is 2.12. The normalized spacial score (nSPS) is 11.1. The molecule has 0 heterocycles. The van der Waals surface area contributed by atoms with Gasteiger partial charge in [-0.1, -0.05) is 121 Å². The van der Waals surface area contributed by atoms with E-state index in [9.17, 15) is 0 Å². The second-order valence-corrected chi connectivity index (χ2v) is 8.00. The fourth-order valence-corrected chi connectivity index (χ4v) is 3.83. The maximum absolute atomic E-state index is 2.37. The van der Waals surface area contributed by atoms with Gasteiger partial charge >= 0.3 is 0 Å². The Labute approximate surface area is 180 Å². The Kier molecular flexibility index (Phi) is 6.57. The standard InChI is InChI=1S/C30H28/c1-24-15-17-25(18-16-24)13-8-14-28-21-29(19-26-9-4-2-5-10-26)23-30(22-28)20-27-11-6-3-7-12-27/h2-13,15-18,21-23H,14,19-20H2,1H3. The van der Waals surface area contributed by atoms with Crippen LogP contribution >= 0.6 is 0 Å². The summed E-state index contributed by atoms with van der Waals surface area (Å²) in [5.41, 5.74) is 9.40. The first-order valence-corrected chi connectivity index (χ1v) is 10.7. The number of aryl methyl sites for hydroxylation is 1. The molecule has 148 valence electrons. The zero-order chi connectivity index (χ0) is 20.6. The van der Waals surface area contributed by atoms with E-state index in [0.29, 0.717) is 0 Å². The lowest BCUT2D eigenvalue weighted by atomic mass is 9.95. The van der Waals surface area contributed by atoms with Crippen molar-refractivity contribution in [2.24, 2.45) is 0 Å². The van der Waals surface area contributed by atoms with Crippen molar-refractivity contribution in [3.05, 3.63) is 148 Å². The maximum Gasteiger partial charge on any atom is -0.00256 e. The van der Waals surface area contributed by atoms with Gasteiger partial charge < -0.3 is 0 Å². The Hall–Kier alpha value is -3.38. The molecular formula is C30H28. The molecule has 0 saturated heterocycles. The lowest BCUT2D eigenvalue weighted by molar-refractivity contribution is 1.11. The third-order valence-corrected chi connectivity index (χ3v) is 5.36. The fourth-order valence-electron chi connectivity index (χ4n) is 3.83. The highest BCUT2D eigenvalue weighted by Crippen LogP contribution is 2.19. The molecule has 0 saturated carbocycles. The number of hydrogen-bond donors (Lipinski definition) is 0. The van der Waals surface area contributed by atoms with Gasteiger partial charge in [0.25, 0.3) is 0 Å². The van der Waals surface area contributed by atoms with E-state index in [2.05, 4.69) is 122 Å². The first-order chi connectivity index (χ1) is 14.7. The van der Waals surface area contributed by atoms with Gasteiger partial charge in [-0.05, 0) is 59.6 Å². The molecule has 0 unspecified atom stereocenters. The minimum absolute atomic E-state index is 0.943. The second-order valence-electron chi connectivity index (χ2n) is 8.00. The summed E-state index contributed by atoms with van der Waals surface area (Å²) in [6.07, 6.45) is 7.38. The Morgan fingerprint density at radius 2 is 1.03 bits per heavy atom. The van der Waals surface area contributed by atoms with Gasteiger partial charge in [-0.15, -0.1) is 0 Å². The summed E-state index contributed by atoms with van der Waals surface area (Å²) in [6, 6.07) is 37.3. The van der Waals surface area contributed by atoms with E-state index in [4.69, 9.17) is 0 Å². The number of benzene rings is 4. The Bertz CT molecular complexity index is 1030. The molecule has 30 heavy (non-hydrogen) atoms. The van der Waals surface area contributed by atoms with Crippen molar-refractivity contribution < 1.29 is 0 Å². The minimum atomic E-state index is 0.943. The van der Waals surface area contributed by atoms with E-state index in [-0.39, 0.29) is 0 Å². The van der Waals surface area contributed by atoms with Crippen LogP contribution in [0, 0.1) is 6.92 Å². The molecule has 0 nitrogen and oxygen atoms in total. The van der Waals surface area contributed by atoms with E-state index in [1.54, 1.807) is 0 Å². The highest BCUT2D eigenvalue weighted by molar-refractivity contribution is 5.50. The van der Waals surface area contributed by atoms with Crippen molar-refractivity contribution in [2.45, 2.75) is 26.2 Å². The van der Waals surface area contributed by atoms with Crippen LogP contribution in [-0.2, 0) is 19.3 Å². The number of rotatable bonds is 7. The molecule has 0 bridgehead atoms. The van der Waals surface area contributed by atoms with Gasteiger partial charge in [-0.2, -0.15) is 0 Å². The lowest BCUT2D eigenvalue weighted by Crippen LogP contribution is -1.96. The van der Waals surface area contributed by atoms with Crippen LogP contribution in [0.1, 0.15) is 38.9 Å². The predicted octanol–water partition coefficient (Wildman–Crippen LogP) is 7.43. The van der Waals surface area contributed by atoms with Gasteiger partial charge in [0, 0.05) is 0 Å². The molecule has 0 heteroatoms. The lowest BCUT2D eigenvalue weighted by Gasteiger charge is -2.10. The van der Waals surface area contributed by atoms with Crippen molar-refractivity contribution in [3.8, 4) is 0 Å². The van der Waals surface area contributed by atoms with Gasteiger partial charge in [0.05, 0.1) is 0 Å². The molecule has 0 aliphatic carbocycles. The van der Waals surface area contributed by atoms with E-state index in [1.165, 1.54) is 38.9 Å². The van der Waals surface area contributed by atoms with Crippen molar-refractivity contribution in [2.75, 3.05) is 0 Å². The molecule has 0 amide bonds. The van der Waals surface area contributed by atoms with Gasteiger partial charge in [0.2, 0.25) is 0 Å². The molecule has 0 fully saturated rings. The van der Waals surface area contributed by atoms with E-state index in [1.807, 2.05) is 0 Å². The third-order valence-electron chi connectivity index (χ3n) is 5.36. The molecular weight excluding hydrogens is 360 g/mol. The highest BCUT2D eigenvalue weighted by Gasteiger charge is 2.04. The van der Waals surface area contributed by atoms with Gasteiger partial charge in [0.15, 0.2) is 0 Å². The zero-order valence-corrected chi connectivity index (χ0v) is 17.6. The molecule has 0 atom stereocenters. The third kappa shape index (κ3) is 5.81. The van der Waals surface area contributed by atoms with Gasteiger partial charge in [-0.25, -0.2) is 0 Å². The number of hydrogen-bond acceptors (Lipinski definition) is 0. The van der Waals surface area contributed by atoms with Crippen LogP contribution in [0.25, 0.3) is 6.08 Å². The van der Waals surface area contributed by atoms with Crippen LogP contribution < -0.4 is 0 Å². The molecule has 0 N–H and O–H groups in total. The topological polar surface area (TPSA) is 0 Å². The summed E-state index contributed by atoms with van der Waals surface area (Å²) in [5, 5.41) is 0. The van der Waals surface area contributed by atoms with Crippen LogP contribution in [0.3, 0.4) is 0 Å². The Morgan fingerprint density at radius 3 is 1.57 bits per heavy atom. The monoisotopic (exact) mass is 388 g/mol. The SMILES string of the molecule is Cc1ccc(C=CCc2cc(Cc3ccccc3)cc(Cc3ccccc3)c2)cc1. The van der Waals surface area contributed by atoms with Crippen molar-refractivity contribution in [1.82, 2.24) is 0 Å². The van der Waals surface area contributed by atoms with Gasteiger partial charge in [0.1, 0.15) is 0 Å². The summed E-state index contributed by atoms with van der Waals surface area (Å²) in [4.78, 5) is 0. The average Bonchev–Trinajstić information content (AvgIpc) is 2.76. The molecule has 0 aliphatic heterocycles. The van der Waals surface area contributed by atoms with E-state index in [0.717, 1.165) is 19.3 Å². The highest BCUT2D eigenvalue weighted by atomic mass is 14.1. The predicted molar refractivity (Wildman–Crippen MR) is 129 cm³/mol. The summed E-state index contributed by atoms with van der Waals surface area (Å²) in [7, 11) is 0. The zero-order valence-electron chi connectivity index (χ0n) is 17.6. The van der Waals surface area contributed by atoms with Crippen LogP contribution in [0.4, 0.5) is 0 Å². The molecule has 0 aliphatic rings. The van der Waals surface area contributed by atoms with Crippen LogP contribution in [0.15, 0.2) is 109 Å². The van der Waals surface area contributed by atoms with Crippen LogP contribution in [-0.4, -0.2) is 0 Å². The van der Waals surface area contributed by atoms with Gasteiger partial charge in [-0.3, -0.25) is 0 Å². The largest absolute Gasteiger partial charge is 0.0795 e. The molecule has 0 radical (unpaired) electrons. The average molecular weight is 389 g/mol. The molecule has 4 aromatic rings.